The highest BCUT2D eigenvalue weighted by Crippen LogP contribution is 2.51. The maximum absolute atomic E-state index is 11.8. The summed E-state index contributed by atoms with van der Waals surface area (Å²) in [4.78, 5) is 2.34. The van der Waals surface area contributed by atoms with Gasteiger partial charge in [-0.3, -0.25) is 4.90 Å². The minimum absolute atomic E-state index is 0.0253. The number of aliphatic hydroxyl groups excluding tert-OH is 1. The molecule has 0 unspecified atom stereocenters. The van der Waals surface area contributed by atoms with Crippen molar-refractivity contribution in [2.45, 2.75) is 83.3 Å². The van der Waals surface area contributed by atoms with E-state index in [9.17, 15) is 5.11 Å². The van der Waals surface area contributed by atoms with Gasteiger partial charge in [0.25, 0.3) is 0 Å². The van der Waals surface area contributed by atoms with Gasteiger partial charge in [0.05, 0.1) is 13.2 Å². The van der Waals surface area contributed by atoms with Crippen molar-refractivity contribution in [3.05, 3.63) is 51.6 Å². The lowest BCUT2D eigenvalue weighted by molar-refractivity contribution is 0.107. The molecular formula is C29H39NO4. The van der Waals surface area contributed by atoms with Crippen molar-refractivity contribution < 1.29 is 19.3 Å². The Kier molecular flexibility index (Phi) is 5.64. The first-order valence-electron chi connectivity index (χ1n) is 12.6. The lowest BCUT2D eigenvalue weighted by Gasteiger charge is -2.37. The summed E-state index contributed by atoms with van der Waals surface area (Å²) in [7, 11) is 3.84. The predicted octanol–water partition coefficient (Wildman–Crippen LogP) is 5.60. The van der Waals surface area contributed by atoms with Gasteiger partial charge in [-0.1, -0.05) is 46.8 Å². The van der Waals surface area contributed by atoms with Crippen molar-refractivity contribution in [3.8, 4) is 17.2 Å². The molecule has 0 saturated heterocycles. The largest absolute Gasteiger partial charge is 0.492 e. The monoisotopic (exact) mass is 465 g/mol. The van der Waals surface area contributed by atoms with Crippen LogP contribution in [0, 0.1) is 0 Å². The van der Waals surface area contributed by atoms with Gasteiger partial charge in [0.2, 0.25) is 12.5 Å². The van der Waals surface area contributed by atoms with Gasteiger partial charge in [-0.2, -0.15) is 0 Å². The van der Waals surface area contributed by atoms with Crippen LogP contribution in [0.1, 0.15) is 93.0 Å². The average Bonchev–Trinajstić information content (AvgIpc) is 3.36. The van der Waals surface area contributed by atoms with Crippen LogP contribution in [0.25, 0.3) is 0 Å². The standard InChI is InChI=1S/C29H39NO4/c1-28(2,3)18-13-20(19-8-10-29(4,5)21(19)14-18)23(31)15-22-25-17(9-11-30(22)6)12-24-26(27(25)32-7)34-16-33-24/h12-14,22-23,31H,8-11,15-16H2,1-7H3/t22-,23-/m1/s1. The molecule has 2 aliphatic heterocycles. The minimum atomic E-state index is -0.557. The molecule has 0 aromatic heterocycles. The third-order valence-electron chi connectivity index (χ3n) is 8.23. The molecule has 1 aliphatic carbocycles. The molecule has 0 saturated carbocycles. The molecule has 5 heteroatoms. The number of fused-ring (bicyclic) bond motifs is 3. The molecule has 2 heterocycles. The number of hydrogen-bond acceptors (Lipinski definition) is 5. The van der Waals surface area contributed by atoms with Crippen molar-refractivity contribution in [2.24, 2.45) is 0 Å². The van der Waals surface area contributed by atoms with Gasteiger partial charge in [-0.15, -0.1) is 0 Å². The van der Waals surface area contributed by atoms with Gasteiger partial charge in [-0.25, -0.2) is 0 Å². The number of rotatable bonds is 4. The molecule has 2 aromatic carbocycles. The number of nitrogens with zero attached hydrogens (tertiary/aromatic N) is 1. The van der Waals surface area contributed by atoms with Crippen LogP contribution >= 0.6 is 0 Å². The Labute approximate surface area is 204 Å². The Bertz CT molecular complexity index is 1110. The molecule has 2 atom stereocenters. The number of benzene rings is 2. The smallest absolute Gasteiger partial charge is 0.231 e. The first kappa shape index (κ1) is 23.5. The van der Waals surface area contributed by atoms with E-state index in [1.54, 1.807) is 7.11 Å². The predicted molar refractivity (Wildman–Crippen MR) is 134 cm³/mol. The van der Waals surface area contributed by atoms with Crippen LogP contribution in [0.5, 0.6) is 17.2 Å². The summed E-state index contributed by atoms with van der Waals surface area (Å²) >= 11 is 0. The van der Waals surface area contributed by atoms with Gasteiger partial charge in [0, 0.05) is 18.2 Å². The van der Waals surface area contributed by atoms with Gasteiger partial charge in [0.1, 0.15) is 0 Å². The van der Waals surface area contributed by atoms with Crippen LogP contribution < -0.4 is 14.2 Å². The van der Waals surface area contributed by atoms with E-state index in [0.29, 0.717) is 12.2 Å². The van der Waals surface area contributed by atoms with Crippen LogP contribution in [0.3, 0.4) is 0 Å². The van der Waals surface area contributed by atoms with Crippen molar-refractivity contribution in [1.82, 2.24) is 4.90 Å². The number of likely N-dealkylation sites (N-methyl/N-ethyl adjacent to an activating group) is 1. The Morgan fingerprint density at radius 3 is 2.65 bits per heavy atom. The fourth-order valence-electron chi connectivity index (χ4n) is 6.04. The molecule has 34 heavy (non-hydrogen) atoms. The Balaban J connectivity index is 1.57. The summed E-state index contributed by atoms with van der Waals surface area (Å²) in [6.45, 7) is 12.6. The first-order chi connectivity index (χ1) is 16.0. The number of aliphatic hydroxyl groups is 1. The average molecular weight is 466 g/mol. The Morgan fingerprint density at radius 1 is 1.18 bits per heavy atom. The summed E-state index contributed by atoms with van der Waals surface area (Å²) in [5.74, 6) is 2.20. The van der Waals surface area contributed by atoms with E-state index in [1.165, 1.54) is 22.3 Å². The van der Waals surface area contributed by atoms with Crippen LogP contribution in [0.4, 0.5) is 0 Å². The molecule has 184 valence electrons. The van der Waals surface area contributed by atoms with Gasteiger partial charge in [0.15, 0.2) is 11.5 Å². The molecule has 5 rings (SSSR count). The lowest BCUT2D eigenvalue weighted by Crippen LogP contribution is -2.33. The first-order valence-corrected chi connectivity index (χ1v) is 12.6. The summed E-state index contributed by atoms with van der Waals surface area (Å²) < 4.78 is 17.3. The zero-order valence-corrected chi connectivity index (χ0v) is 21.7. The number of hydrogen-bond donors (Lipinski definition) is 1. The van der Waals surface area contributed by atoms with Gasteiger partial charge >= 0.3 is 0 Å². The molecule has 2 aromatic rings. The van der Waals surface area contributed by atoms with Gasteiger partial charge in [-0.05, 0) is 77.4 Å². The normalized spacial score (nSPS) is 21.8. The topological polar surface area (TPSA) is 51.2 Å². The van der Waals surface area contributed by atoms with Crippen molar-refractivity contribution in [2.75, 3.05) is 27.5 Å². The molecule has 5 nitrogen and oxygen atoms in total. The zero-order valence-electron chi connectivity index (χ0n) is 21.7. The van der Waals surface area contributed by atoms with Gasteiger partial charge < -0.3 is 19.3 Å². The molecule has 0 amide bonds. The summed E-state index contributed by atoms with van der Waals surface area (Å²) in [6, 6.07) is 6.80. The zero-order chi connectivity index (χ0) is 24.4. The fourth-order valence-corrected chi connectivity index (χ4v) is 6.04. The third kappa shape index (κ3) is 3.77. The SMILES string of the molecule is COc1c2c(cc3c1[C@@H](C[C@@H](O)c1cc(C(C)(C)C)cc4c1CCC4(C)C)N(C)CC3)OCO2. The van der Waals surface area contributed by atoms with E-state index in [1.807, 2.05) is 0 Å². The summed E-state index contributed by atoms with van der Waals surface area (Å²) in [5.41, 5.74) is 7.68. The highest BCUT2D eigenvalue weighted by Gasteiger charge is 2.38. The number of ether oxygens (including phenoxy) is 3. The van der Waals surface area contributed by atoms with Crippen LogP contribution in [-0.4, -0.2) is 37.5 Å². The second-order valence-corrected chi connectivity index (χ2v) is 11.9. The van der Waals surface area contributed by atoms with E-state index in [2.05, 4.69) is 64.8 Å². The molecular weight excluding hydrogens is 426 g/mol. The molecule has 1 N–H and O–H groups in total. The van der Waals surface area contributed by atoms with E-state index >= 15 is 0 Å². The van der Waals surface area contributed by atoms with E-state index in [4.69, 9.17) is 14.2 Å². The van der Waals surface area contributed by atoms with Crippen molar-refractivity contribution in [1.29, 1.82) is 0 Å². The molecule has 0 bridgehead atoms. The Morgan fingerprint density at radius 2 is 1.94 bits per heavy atom. The molecule has 0 radical (unpaired) electrons. The lowest BCUT2D eigenvalue weighted by atomic mass is 9.78. The second kappa shape index (κ2) is 8.17. The van der Waals surface area contributed by atoms with E-state index in [0.717, 1.165) is 48.4 Å². The minimum Gasteiger partial charge on any atom is -0.492 e. The highest BCUT2D eigenvalue weighted by atomic mass is 16.7. The molecule has 0 spiro atoms. The Hall–Kier alpha value is -2.24. The van der Waals surface area contributed by atoms with Crippen molar-refractivity contribution in [3.63, 3.8) is 0 Å². The molecule has 0 fully saturated rings. The van der Waals surface area contributed by atoms with Crippen LogP contribution in [-0.2, 0) is 23.7 Å². The highest BCUT2D eigenvalue weighted by molar-refractivity contribution is 5.62. The fraction of sp³-hybridized carbons (Fsp3) is 0.586. The maximum atomic E-state index is 11.8. The van der Waals surface area contributed by atoms with E-state index in [-0.39, 0.29) is 23.7 Å². The molecule has 3 aliphatic rings. The number of methoxy groups -OCH3 is 1. The second-order valence-electron chi connectivity index (χ2n) is 11.9. The van der Waals surface area contributed by atoms with E-state index < -0.39 is 6.10 Å². The van der Waals surface area contributed by atoms with Crippen LogP contribution in [0.15, 0.2) is 18.2 Å². The quantitative estimate of drug-likeness (QED) is 0.637. The summed E-state index contributed by atoms with van der Waals surface area (Å²) in [5, 5.41) is 11.8. The van der Waals surface area contributed by atoms with Crippen molar-refractivity contribution >= 4 is 0 Å². The third-order valence-corrected chi connectivity index (χ3v) is 8.23. The summed E-state index contributed by atoms with van der Waals surface area (Å²) in [6.07, 6.45) is 3.13. The maximum Gasteiger partial charge on any atom is 0.231 e. The van der Waals surface area contributed by atoms with Crippen LogP contribution in [0.2, 0.25) is 0 Å².